The van der Waals surface area contributed by atoms with E-state index in [0.717, 1.165) is 41.8 Å². The van der Waals surface area contributed by atoms with Gasteiger partial charge in [-0.1, -0.05) is 23.4 Å². The van der Waals surface area contributed by atoms with Crippen LogP contribution in [0, 0.1) is 0 Å². The molecule has 1 heterocycles. The molecule has 1 aromatic heterocycles. The lowest BCUT2D eigenvalue weighted by Gasteiger charge is -2.09. The maximum atomic E-state index is 6.04. The zero-order valence-corrected chi connectivity index (χ0v) is 13.7. The fraction of sp³-hybridized carbons (Fsp3) is 0.429. The van der Waals surface area contributed by atoms with Crippen LogP contribution in [0.5, 0.6) is 5.75 Å². The van der Waals surface area contributed by atoms with Gasteiger partial charge in [0.05, 0.1) is 7.11 Å². The topological polar surface area (TPSA) is 49.2 Å². The molecule has 1 aromatic carbocycles. The highest BCUT2D eigenvalue weighted by atomic mass is 35.5. The Labute approximate surface area is 133 Å². The highest BCUT2D eigenvalue weighted by molar-refractivity contribution is 7.98. The zero-order chi connectivity index (χ0) is 15.1. The van der Waals surface area contributed by atoms with Crippen molar-refractivity contribution in [2.45, 2.75) is 23.9 Å². The van der Waals surface area contributed by atoms with Crippen LogP contribution in [0.3, 0.4) is 0 Å². The molecule has 0 saturated carbocycles. The molecule has 0 spiro atoms. The zero-order valence-electron chi connectivity index (χ0n) is 12.1. The van der Waals surface area contributed by atoms with Crippen LogP contribution in [0.25, 0.3) is 0 Å². The van der Waals surface area contributed by atoms with Crippen molar-refractivity contribution in [2.24, 2.45) is 0 Å². The maximum absolute atomic E-state index is 6.04. The van der Waals surface area contributed by atoms with E-state index in [-0.39, 0.29) is 0 Å². The Morgan fingerprint density at radius 3 is 2.95 bits per heavy atom. The molecule has 0 aliphatic heterocycles. The molecule has 2 aromatic rings. The van der Waals surface area contributed by atoms with Crippen LogP contribution in [0.4, 0.5) is 0 Å². The third-order valence-corrected chi connectivity index (χ3v) is 4.19. The van der Waals surface area contributed by atoms with E-state index in [2.05, 4.69) is 10.2 Å². The molecule has 0 aliphatic carbocycles. The number of hydrogen-bond acceptors (Lipinski definition) is 5. The number of hydrogen-bond donors (Lipinski definition) is 0. The minimum atomic E-state index is 0.702. The number of thioether (sulfide) groups is 1. The Morgan fingerprint density at radius 2 is 2.19 bits per heavy atom. The van der Waals surface area contributed by atoms with Gasteiger partial charge >= 0.3 is 0 Å². The molecule has 0 amide bonds. The number of aryl methyl sites for hydroxylation is 1. The van der Waals surface area contributed by atoms with Gasteiger partial charge < -0.3 is 14.0 Å². The Balaban J connectivity index is 2.00. The minimum Gasteiger partial charge on any atom is -0.496 e. The molecule has 0 aliphatic rings. The van der Waals surface area contributed by atoms with E-state index in [4.69, 9.17) is 21.1 Å². The van der Waals surface area contributed by atoms with Gasteiger partial charge in [-0.25, -0.2) is 0 Å². The normalized spacial score (nSPS) is 10.8. The first kappa shape index (κ1) is 16.1. The number of rotatable bonds is 8. The van der Waals surface area contributed by atoms with Crippen molar-refractivity contribution in [3.8, 4) is 5.75 Å². The van der Waals surface area contributed by atoms with Gasteiger partial charge in [0.15, 0.2) is 5.16 Å². The van der Waals surface area contributed by atoms with E-state index in [0.29, 0.717) is 5.02 Å². The molecule has 0 saturated heterocycles. The molecule has 0 bridgehead atoms. The van der Waals surface area contributed by atoms with Gasteiger partial charge in [-0.15, -0.1) is 10.2 Å². The Morgan fingerprint density at radius 1 is 1.33 bits per heavy atom. The first-order chi connectivity index (χ1) is 10.2. The standard InChI is InChI=1S/C14H18ClN3O2S/c1-19-7-3-6-18-10-16-17-14(18)21-9-11-8-12(15)4-5-13(11)20-2/h4-5,8,10H,3,6-7,9H2,1-2H3. The molecule has 0 N–H and O–H groups in total. The third kappa shape index (κ3) is 4.62. The van der Waals surface area contributed by atoms with Crippen molar-refractivity contribution < 1.29 is 9.47 Å². The number of nitrogens with zero attached hydrogens (tertiary/aromatic N) is 3. The molecule has 0 fully saturated rings. The van der Waals surface area contributed by atoms with Gasteiger partial charge in [0.1, 0.15) is 12.1 Å². The molecular formula is C14H18ClN3O2S. The van der Waals surface area contributed by atoms with Gasteiger partial charge in [-0.2, -0.15) is 0 Å². The summed E-state index contributed by atoms with van der Waals surface area (Å²) >= 11 is 7.65. The van der Waals surface area contributed by atoms with E-state index in [1.165, 1.54) is 0 Å². The van der Waals surface area contributed by atoms with Crippen molar-refractivity contribution >= 4 is 23.4 Å². The van der Waals surface area contributed by atoms with E-state index >= 15 is 0 Å². The summed E-state index contributed by atoms with van der Waals surface area (Å²) < 4.78 is 12.4. The van der Waals surface area contributed by atoms with E-state index in [1.807, 2.05) is 22.8 Å². The number of ether oxygens (including phenoxy) is 2. The summed E-state index contributed by atoms with van der Waals surface area (Å²) in [7, 11) is 3.36. The van der Waals surface area contributed by atoms with Gasteiger partial charge in [0.2, 0.25) is 0 Å². The Kier molecular flexibility index (Phi) is 6.35. The van der Waals surface area contributed by atoms with Crippen LogP contribution >= 0.6 is 23.4 Å². The number of methoxy groups -OCH3 is 2. The largest absolute Gasteiger partial charge is 0.496 e. The first-order valence-corrected chi connectivity index (χ1v) is 7.93. The van der Waals surface area contributed by atoms with E-state index < -0.39 is 0 Å². The fourth-order valence-corrected chi connectivity index (χ4v) is 3.01. The second-order valence-corrected chi connectivity index (χ2v) is 5.78. The summed E-state index contributed by atoms with van der Waals surface area (Å²) in [5.41, 5.74) is 1.04. The monoisotopic (exact) mass is 327 g/mol. The average Bonchev–Trinajstić information content (AvgIpc) is 2.93. The van der Waals surface area contributed by atoms with Crippen molar-refractivity contribution in [2.75, 3.05) is 20.8 Å². The predicted octanol–water partition coefficient (Wildman–Crippen LogP) is 3.27. The quantitative estimate of drug-likeness (QED) is 0.550. The molecule has 2 rings (SSSR count). The molecule has 7 heteroatoms. The molecule has 0 atom stereocenters. The first-order valence-electron chi connectivity index (χ1n) is 6.56. The number of aromatic nitrogens is 3. The van der Waals surface area contributed by atoms with Crippen LogP contribution < -0.4 is 4.74 Å². The number of halogens is 1. The second kappa shape index (κ2) is 8.26. The summed E-state index contributed by atoms with van der Waals surface area (Å²) in [5.74, 6) is 1.56. The molecule has 0 unspecified atom stereocenters. The van der Waals surface area contributed by atoms with E-state index in [1.54, 1.807) is 32.3 Å². The summed E-state index contributed by atoms with van der Waals surface area (Å²) in [6.07, 6.45) is 2.68. The molecule has 5 nitrogen and oxygen atoms in total. The average molecular weight is 328 g/mol. The van der Waals surface area contributed by atoms with Gasteiger partial charge in [-0.3, -0.25) is 0 Å². The van der Waals surface area contributed by atoms with Crippen LogP contribution in [-0.4, -0.2) is 35.6 Å². The second-order valence-electron chi connectivity index (χ2n) is 4.40. The predicted molar refractivity (Wildman–Crippen MR) is 84.1 cm³/mol. The van der Waals surface area contributed by atoms with Crippen molar-refractivity contribution in [3.63, 3.8) is 0 Å². The molecule has 21 heavy (non-hydrogen) atoms. The van der Waals surface area contributed by atoms with Crippen LogP contribution in [0.15, 0.2) is 29.7 Å². The summed E-state index contributed by atoms with van der Waals surface area (Å²) in [6, 6.07) is 5.61. The molecular weight excluding hydrogens is 310 g/mol. The van der Waals surface area contributed by atoms with Gasteiger partial charge in [-0.05, 0) is 24.6 Å². The summed E-state index contributed by atoms with van der Waals surface area (Å²) in [4.78, 5) is 0. The highest BCUT2D eigenvalue weighted by Gasteiger charge is 2.09. The maximum Gasteiger partial charge on any atom is 0.191 e. The van der Waals surface area contributed by atoms with Gasteiger partial charge in [0.25, 0.3) is 0 Å². The summed E-state index contributed by atoms with van der Waals surface area (Å²) in [6.45, 7) is 1.57. The highest BCUT2D eigenvalue weighted by Crippen LogP contribution is 2.29. The smallest absolute Gasteiger partial charge is 0.191 e. The van der Waals surface area contributed by atoms with Gasteiger partial charge in [0, 0.05) is 36.6 Å². The Hall–Kier alpha value is -1.24. The lowest BCUT2D eigenvalue weighted by Crippen LogP contribution is -2.02. The minimum absolute atomic E-state index is 0.702. The van der Waals surface area contributed by atoms with Crippen LogP contribution in [0.1, 0.15) is 12.0 Å². The third-order valence-electron chi connectivity index (χ3n) is 2.93. The fourth-order valence-electron chi connectivity index (χ4n) is 1.89. The van der Waals surface area contributed by atoms with Crippen LogP contribution in [-0.2, 0) is 17.0 Å². The van der Waals surface area contributed by atoms with Crippen molar-refractivity contribution in [3.05, 3.63) is 35.1 Å². The Bertz CT molecular complexity index is 577. The van der Waals surface area contributed by atoms with Crippen molar-refractivity contribution in [1.82, 2.24) is 14.8 Å². The van der Waals surface area contributed by atoms with E-state index in [9.17, 15) is 0 Å². The molecule has 0 radical (unpaired) electrons. The lowest BCUT2D eigenvalue weighted by atomic mass is 10.2. The molecule has 114 valence electrons. The SMILES string of the molecule is COCCCn1cnnc1SCc1cc(Cl)ccc1OC. The summed E-state index contributed by atoms with van der Waals surface area (Å²) in [5, 5.41) is 9.70. The lowest BCUT2D eigenvalue weighted by molar-refractivity contribution is 0.189. The number of benzene rings is 1. The van der Waals surface area contributed by atoms with Crippen molar-refractivity contribution in [1.29, 1.82) is 0 Å². The van der Waals surface area contributed by atoms with Crippen LogP contribution in [0.2, 0.25) is 5.02 Å².